The van der Waals surface area contributed by atoms with Gasteiger partial charge in [-0.05, 0) is 31.5 Å². The fourth-order valence-corrected chi connectivity index (χ4v) is 3.61. The summed E-state index contributed by atoms with van der Waals surface area (Å²) in [5.74, 6) is 1.94. The number of methoxy groups -OCH3 is 1. The highest BCUT2D eigenvalue weighted by Crippen LogP contribution is 2.27. The number of hydrogen-bond donors (Lipinski definition) is 0. The van der Waals surface area contributed by atoms with E-state index < -0.39 is 0 Å². The molecule has 5 nitrogen and oxygen atoms in total. The Balaban J connectivity index is 1.66. The zero-order valence-corrected chi connectivity index (χ0v) is 16.0. The van der Waals surface area contributed by atoms with Crippen molar-refractivity contribution in [3.63, 3.8) is 0 Å². The molecule has 0 bridgehead atoms. The third-order valence-electron chi connectivity index (χ3n) is 4.58. The number of anilines is 1. The number of nitrogens with zero attached hydrogens (tertiary/aromatic N) is 4. The van der Waals surface area contributed by atoms with E-state index in [-0.39, 0.29) is 0 Å². The van der Waals surface area contributed by atoms with Gasteiger partial charge >= 0.3 is 0 Å². The van der Waals surface area contributed by atoms with Crippen molar-refractivity contribution >= 4 is 21.7 Å². The average Bonchev–Trinajstić information content (AvgIpc) is 3.03. The van der Waals surface area contributed by atoms with E-state index in [9.17, 15) is 0 Å². The van der Waals surface area contributed by atoms with Crippen LogP contribution in [0.4, 0.5) is 5.82 Å². The first-order valence-electron chi connectivity index (χ1n) is 8.13. The molecule has 24 heavy (non-hydrogen) atoms. The molecule has 1 aliphatic heterocycles. The summed E-state index contributed by atoms with van der Waals surface area (Å²) in [6.07, 6.45) is 2.77. The van der Waals surface area contributed by atoms with Crippen molar-refractivity contribution in [3.05, 3.63) is 46.3 Å². The van der Waals surface area contributed by atoms with Gasteiger partial charge in [-0.1, -0.05) is 15.9 Å². The smallest absolute Gasteiger partial charge is 0.132 e. The Morgan fingerprint density at radius 3 is 2.92 bits per heavy atom. The Bertz CT molecular complexity index is 709. The lowest BCUT2D eigenvalue weighted by atomic mass is 10.2. The maximum absolute atomic E-state index is 5.49. The molecule has 3 rings (SSSR count). The molecular weight excluding hydrogens is 368 g/mol. The number of aryl methyl sites for hydroxylation is 1. The second-order valence-corrected chi connectivity index (χ2v) is 7.18. The summed E-state index contributed by atoms with van der Waals surface area (Å²) in [6.45, 7) is 5.00. The highest BCUT2D eigenvalue weighted by Gasteiger charge is 2.27. The van der Waals surface area contributed by atoms with Crippen LogP contribution < -0.4 is 9.64 Å². The third kappa shape index (κ3) is 3.87. The average molecular weight is 391 g/mol. The van der Waals surface area contributed by atoms with Gasteiger partial charge in [0.25, 0.3) is 0 Å². The lowest BCUT2D eigenvalue weighted by molar-refractivity contribution is 0.316. The fourth-order valence-electron chi connectivity index (χ4n) is 3.20. The molecule has 2 aromatic rings. The van der Waals surface area contributed by atoms with E-state index in [0.29, 0.717) is 6.04 Å². The highest BCUT2D eigenvalue weighted by atomic mass is 79.9. The van der Waals surface area contributed by atoms with Crippen LogP contribution in [0.3, 0.4) is 0 Å². The Morgan fingerprint density at radius 1 is 1.33 bits per heavy atom. The van der Waals surface area contributed by atoms with Crippen LogP contribution in [-0.4, -0.2) is 48.2 Å². The first kappa shape index (κ1) is 17.2. The maximum Gasteiger partial charge on any atom is 0.132 e. The molecule has 128 valence electrons. The predicted molar refractivity (Wildman–Crippen MR) is 99.5 cm³/mol. The number of rotatable bonds is 5. The quantitative estimate of drug-likeness (QED) is 0.783. The minimum absolute atomic E-state index is 0.470. The Morgan fingerprint density at radius 2 is 2.17 bits per heavy atom. The van der Waals surface area contributed by atoms with Gasteiger partial charge in [-0.2, -0.15) is 0 Å². The van der Waals surface area contributed by atoms with E-state index in [1.165, 1.54) is 5.56 Å². The molecule has 1 fully saturated rings. The van der Waals surface area contributed by atoms with Gasteiger partial charge in [-0.25, -0.2) is 9.97 Å². The lowest BCUT2D eigenvalue weighted by Gasteiger charge is -2.26. The lowest BCUT2D eigenvalue weighted by Crippen LogP contribution is -2.35. The van der Waals surface area contributed by atoms with Crippen LogP contribution in [-0.2, 0) is 6.54 Å². The molecule has 1 aliphatic rings. The summed E-state index contributed by atoms with van der Waals surface area (Å²) < 4.78 is 6.58. The van der Waals surface area contributed by atoms with Gasteiger partial charge < -0.3 is 9.64 Å². The highest BCUT2D eigenvalue weighted by molar-refractivity contribution is 9.10. The minimum Gasteiger partial charge on any atom is -0.496 e. The number of likely N-dealkylation sites (N-methyl/N-ethyl adjacent to an activating group) is 1. The minimum atomic E-state index is 0.470. The number of hydrogen-bond acceptors (Lipinski definition) is 5. The SMILES string of the molecule is COc1ccc(Br)cc1CN1CCC(N(C)c2cc(C)ncn2)C1. The van der Waals surface area contributed by atoms with Gasteiger partial charge in [0.05, 0.1) is 7.11 Å². The molecule has 1 atom stereocenters. The van der Waals surface area contributed by atoms with Gasteiger partial charge in [-0.15, -0.1) is 0 Å². The molecular formula is C18H23BrN4O. The van der Waals surface area contributed by atoms with E-state index in [1.807, 2.05) is 25.1 Å². The first-order valence-corrected chi connectivity index (χ1v) is 8.92. The largest absolute Gasteiger partial charge is 0.496 e. The molecule has 1 aromatic heterocycles. The van der Waals surface area contributed by atoms with Crippen LogP contribution in [0.1, 0.15) is 17.7 Å². The van der Waals surface area contributed by atoms with Crippen LogP contribution in [0.15, 0.2) is 35.1 Å². The number of aromatic nitrogens is 2. The van der Waals surface area contributed by atoms with E-state index in [0.717, 1.165) is 47.8 Å². The molecule has 0 amide bonds. The molecule has 0 aliphatic carbocycles. The van der Waals surface area contributed by atoms with Gasteiger partial charge in [0, 0.05) is 54.5 Å². The van der Waals surface area contributed by atoms with Crippen LogP contribution in [0, 0.1) is 6.92 Å². The summed E-state index contributed by atoms with van der Waals surface area (Å²) in [6, 6.07) is 8.68. The number of halogens is 1. The molecule has 6 heteroatoms. The van der Waals surface area contributed by atoms with Gasteiger partial charge in [-0.3, -0.25) is 4.90 Å². The summed E-state index contributed by atoms with van der Waals surface area (Å²) in [4.78, 5) is 13.3. The zero-order chi connectivity index (χ0) is 17.1. The van der Waals surface area contributed by atoms with Crippen LogP contribution >= 0.6 is 15.9 Å². The Kier molecular flexibility index (Phi) is 5.36. The Hall–Kier alpha value is -1.66. The number of likely N-dealkylation sites (tertiary alicyclic amines) is 1. The molecule has 2 heterocycles. The van der Waals surface area contributed by atoms with Crippen molar-refractivity contribution in [2.45, 2.75) is 25.9 Å². The number of ether oxygens (including phenoxy) is 1. The van der Waals surface area contributed by atoms with Crippen molar-refractivity contribution in [3.8, 4) is 5.75 Å². The van der Waals surface area contributed by atoms with Crippen molar-refractivity contribution in [2.75, 3.05) is 32.1 Å². The molecule has 1 aromatic carbocycles. The van der Waals surface area contributed by atoms with Crippen LogP contribution in [0.25, 0.3) is 0 Å². The molecule has 0 saturated carbocycles. The maximum atomic E-state index is 5.49. The van der Waals surface area contributed by atoms with E-state index >= 15 is 0 Å². The summed E-state index contributed by atoms with van der Waals surface area (Å²) >= 11 is 3.55. The van der Waals surface area contributed by atoms with Gasteiger partial charge in [0.15, 0.2) is 0 Å². The van der Waals surface area contributed by atoms with Crippen molar-refractivity contribution in [1.29, 1.82) is 0 Å². The summed E-state index contributed by atoms with van der Waals surface area (Å²) in [7, 11) is 3.85. The fraction of sp³-hybridized carbons (Fsp3) is 0.444. The van der Waals surface area contributed by atoms with Crippen LogP contribution in [0.5, 0.6) is 5.75 Å². The van der Waals surface area contributed by atoms with Crippen LogP contribution in [0.2, 0.25) is 0 Å². The van der Waals surface area contributed by atoms with E-state index in [4.69, 9.17) is 4.74 Å². The molecule has 0 radical (unpaired) electrons. The number of benzene rings is 1. The zero-order valence-electron chi connectivity index (χ0n) is 14.4. The summed E-state index contributed by atoms with van der Waals surface area (Å²) in [5, 5.41) is 0. The van der Waals surface area contributed by atoms with E-state index in [1.54, 1.807) is 13.4 Å². The first-order chi connectivity index (χ1) is 11.6. The normalized spacial score (nSPS) is 17.9. The van der Waals surface area contributed by atoms with Gasteiger partial charge in [0.1, 0.15) is 17.9 Å². The molecule has 0 N–H and O–H groups in total. The standard InChI is InChI=1S/C18H23BrN4O/c1-13-8-18(21-12-20-13)22(2)16-6-7-23(11-16)10-14-9-15(19)4-5-17(14)24-3/h4-5,8-9,12,16H,6-7,10-11H2,1-3H3. The second-order valence-electron chi connectivity index (χ2n) is 6.26. The monoisotopic (exact) mass is 390 g/mol. The van der Waals surface area contributed by atoms with Crippen molar-refractivity contribution in [1.82, 2.24) is 14.9 Å². The Labute approximate surface area is 151 Å². The van der Waals surface area contributed by atoms with Crippen molar-refractivity contribution in [2.24, 2.45) is 0 Å². The predicted octanol–water partition coefficient (Wildman–Crippen LogP) is 3.27. The third-order valence-corrected chi connectivity index (χ3v) is 5.08. The molecule has 0 spiro atoms. The second kappa shape index (κ2) is 7.49. The summed E-state index contributed by atoms with van der Waals surface area (Å²) in [5.41, 5.74) is 2.22. The van der Waals surface area contributed by atoms with Crippen molar-refractivity contribution < 1.29 is 4.74 Å². The van der Waals surface area contributed by atoms with Gasteiger partial charge in [0.2, 0.25) is 0 Å². The topological polar surface area (TPSA) is 41.5 Å². The van der Waals surface area contributed by atoms with E-state index in [2.05, 4.69) is 48.8 Å². The molecule has 1 unspecified atom stereocenters. The molecule has 1 saturated heterocycles.